The van der Waals surface area contributed by atoms with Crippen LogP contribution in [0.2, 0.25) is 0 Å². The van der Waals surface area contributed by atoms with Crippen molar-refractivity contribution in [3.63, 3.8) is 0 Å². The topological polar surface area (TPSA) is 97.1 Å². The highest BCUT2D eigenvalue weighted by atomic mass is 79.9. The van der Waals surface area contributed by atoms with Crippen molar-refractivity contribution in [3.05, 3.63) is 89.4 Å². The molecule has 152 valence electrons. The first-order valence-electron chi connectivity index (χ1n) is 8.91. The van der Waals surface area contributed by atoms with Crippen molar-refractivity contribution in [2.24, 2.45) is 12.1 Å². The van der Waals surface area contributed by atoms with Crippen LogP contribution in [0.15, 0.2) is 72.2 Å². The van der Waals surface area contributed by atoms with Crippen LogP contribution in [0.25, 0.3) is 11.2 Å². The van der Waals surface area contributed by atoms with Crippen LogP contribution < -0.4 is 16.7 Å². The van der Waals surface area contributed by atoms with Crippen LogP contribution in [0.5, 0.6) is 0 Å². The predicted octanol–water partition coefficient (Wildman–Crippen LogP) is 3.44. The monoisotopic (exact) mass is 530 g/mol. The van der Waals surface area contributed by atoms with Crippen LogP contribution in [0.1, 0.15) is 11.1 Å². The Morgan fingerprint density at radius 3 is 2.60 bits per heavy atom. The second kappa shape index (κ2) is 8.41. The molecule has 0 aliphatic heterocycles. The van der Waals surface area contributed by atoms with Crippen molar-refractivity contribution in [2.45, 2.75) is 6.54 Å². The Kier molecular flexibility index (Phi) is 5.69. The molecule has 0 spiro atoms. The third kappa shape index (κ3) is 4.01. The van der Waals surface area contributed by atoms with E-state index < -0.39 is 11.2 Å². The van der Waals surface area contributed by atoms with Crippen molar-refractivity contribution in [3.8, 4) is 0 Å². The van der Waals surface area contributed by atoms with E-state index >= 15 is 0 Å². The van der Waals surface area contributed by atoms with Crippen LogP contribution in [0, 0.1) is 0 Å². The highest BCUT2D eigenvalue weighted by molar-refractivity contribution is 9.10. The van der Waals surface area contributed by atoms with Gasteiger partial charge in [0.2, 0.25) is 5.95 Å². The molecular formula is C20H16Br2N6O2. The number of H-pyrrole nitrogens is 1. The molecule has 0 aliphatic rings. The van der Waals surface area contributed by atoms with Gasteiger partial charge < -0.3 is 0 Å². The van der Waals surface area contributed by atoms with E-state index in [1.165, 1.54) is 4.57 Å². The lowest BCUT2D eigenvalue weighted by molar-refractivity contribution is 0.806. The van der Waals surface area contributed by atoms with Crippen molar-refractivity contribution >= 4 is 55.2 Å². The Balaban J connectivity index is 1.79. The van der Waals surface area contributed by atoms with Crippen LogP contribution in [0.3, 0.4) is 0 Å². The molecular weight excluding hydrogens is 516 g/mol. The standard InChI is InChI=1S/C20H16Br2N6O2/c1-27-17-16(18(29)25-20(27)30)28(11-13-4-2-3-5-15(13)22)19(24-17)26-23-10-12-6-8-14(21)9-7-12/h2-10H,11H2,1H3,(H,24,26)(H,25,29,30)/b23-10+. The van der Waals surface area contributed by atoms with Crippen molar-refractivity contribution in [1.29, 1.82) is 0 Å². The van der Waals surface area contributed by atoms with Gasteiger partial charge in [-0.3, -0.25) is 18.9 Å². The first-order chi connectivity index (χ1) is 14.4. The molecule has 0 radical (unpaired) electrons. The number of rotatable bonds is 5. The van der Waals surface area contributed by atoms with E-state index in [2.05, 4.69) is 52.4 Å². The minimum Gasteiger partial charge on any atom is -0.298 e. The Bertz CT molecular complexity index is 1370. The number of hydrazone groups is 1. The van der Waals surface area contributed by atoms with Gasteiger partial charge in [0.25, 0.3) is 5.56 Å². The van der Waals surface area contributed by atoms with Crippen LogP contribution in [-0.4, -0.2) is 25.3 Å². The quantitative estimate of drug-likeness (QED) is 0.304. The molecule has 0 unspecified atom stereocenters. The molecule has 8 nitrogen and oxygen atoms in total. The molecule has 4 rings (SSSR count). The molecule has 2 heterocycles. The van der Waals surface area contributed by atoms with E-state index in [4.69, 9.17) is 0 Å². The van der Waals surface area contributed by atoms with Crippen molar-refractivity contribution in [1.82, 2.24) is 19.1 Å². The van der Waals surface area contributed by atoms with E-state index in [0.29, 0.717) is 12.5 Å². The average Bonchev–Trinajstić information content (AvgIpc) is 3.08. The summed E-state index contributed by atoms with van der Waals surface area (Å²) in [5.74, 6) is 0.348. The number of imidazole rings is 1. The Morgan fingerprint density at radius 1 is 1.13 bits per heavy atom. The zero-order chi connectivity index (χ0) is 21.3. The molecule has 4 aromatic rings. The number of halogens is 2. The lowest BCUT2D eigenvalue weighted by Crippen LogP contribution is -2.29. The van der Waals surface area contributed by atoms with E-state index in [9.17, 15) is 9.59 Å². The largest absolute Gasteiger partial charge is 0.329 e. The minimum atomic E-state index is -0.525. The summed E-state index contributed by atoms with van der Waals surface area (Å²) in [6, 6.07) is 15.4. The van der Waals surface area contributed by atoms with Gasteiger partial charge in [-0.25, -0.2) is 10.2 Å². The third-order valence-corrected chi connectivity index (χ3v) is 5.84. The number of nitrogens with one attached hydrogen (secondary N) is 2. The fourth-order valence-electron chi connectivity index (χ4n) is 2.98. The van der Waals surface area contributed by atoms with Gasteiger partial charge >= 0.3 is 5.69 Å². The highest BCUT2D eigenvalue weighted by Gasteiger charge is 2.18. The summed E-state index contributed by atoms with van der Waals surface area (Å²) < 4.78 is 4.88. The zero-order valence-corrected chi connectivity index (χ0v) is 18.9. The van der Waals surface area contributed by atoms with Gasteiger partial charge in [0.05, 0.1) is 12.8 Å². The lowest BCUT2D eigenvalue weighted by atomic mass is 10.2. The first-order valence-corrected chi connectivity index (χ1v) is 10.5. The number of benzene rings is 2. The predicted molar refractivity (Wildman–Crippen MR) is 124 cm³/mol. The number of fused-ring (bicyclic) bond motifs is 1. The number of hydrogen-bond donors (Lipinski definition) is 2. The van der Waals surface area contributed by atoms with Gasteiger partial charge in [0.15, 0.2) is 11.2 Å². The van der Waals surface area contributed by atoms with Crippen LogP contribution in [0.4, 0.5) is 5.95 Å². The van der Waals surface area contributed by atoms with E-state index in [1.807, 2.05) is 48.5 Å². The number of aromatic nitrogens is 4. The fraction of sp³-hybridized carbons (Fsp3) is 0.100. The van der Waals surface area contributed by atoms with E-state index in [-0.39, 0.29) is 11.2 Å². The van der Waals surface area contributed by atoms with E-state index in [0.717, 1.165) is 20.1 Å². The summed E-state index contributed by atoms with van der Waals surface area (Å²) in [5.41, 5.74) is 4.28. The maximum Gasteiger partial charge on any atom is 0.329 e. The molecule has 0 bridgehead atoms. The van der Waals surface area contributed by atoms with Crippen LogP contribution in [-0.2, 0) is 13.6 Å². The number of anilines is 1. The number of nitrogens with zero attached hydrogens (tertiary/aromatic N) is 4. The molecule has 0 fully saturated rings. The molecule has 30 heavy (non-hydrogen) atoms. The molecule has 0 amide bonds. The maximum atomic E-state index is 12.6. The first kappa shape index (κ1) is 20.3. The summed E-state index contributed by atoms with van der Waals surface area (Å²) in [6.07, 6.45) is 1.65. The molecule has 0 saturated heterocycles. The van der Waals surface area contributed by atoms with Gasteiger partial charge in [-0.2, -0.15) is 10.1 Å². The lowest BCUT2D eigenvalue weighted by Gasteiger charge is -2.09. The van der Waals surface area contributed by atoms with Crippen molar-refractivity contribution < 1.29 is 0 Å². The fourth-order valence-corrected chi connectivity index (χ4v) is 3.66. The molecule has 0 aliphatic carbocycles. The zero-order valence-electron chi connectivity index (χ0n) is 15.8. The Labute approximate surface area is 187 Å². The second-order valence-corrected chi connectivity index (χ2v) is 8.30. The number of aromatic amines is 1. The summed E-state index contributed by atoms with van der Waals surface area (Å²) >= 11 is 6.93. The number of hydrogen-bond acceptors (Lipinski definition) is 5. The summed E-state index contributed by atoms with van der Waals surface area (Å²) in [6.45, 7) is 0.356. The third-order valence-electron chi connectivity index (χ3n) is 4.54. The smallest absolute Gasteiger partial charge is 0.298 e. The van der Waals surface area contributed by atoms with Crippen molar-refractivity contribution in [2.75, 3.05) is 5.43 Å². The SMILES string of the molecule is Cn1c(=O)[nH]c(=O)c2c1nc(N/N=C/c1ccc(Br)cc1)n2Cc1ccccc1Br. The second-order valence-electron chi connectivity index (χ2n) is 6.53. The Morgan fingerprint density at radius 2 is 1.87 bits per heavy atom. The molecule has 0 saturated carbocycles. The van der Waals surface area contributed by atoms with Gasteiger partial charge in [0, 0.05) is 16.0 Å². The molecule has 2 aromatic heterocycles. The normalized spacial score (nSPS) is 11.4. The van der Waals surface area contributed by atoms with E-state index in [1.54, 1.807) is 17.8 Å². The summed E-state index contributed by atoms with van der Waals surface area (Å²) in [5, 5.41) is 4.26. The van der Waals surface area contributed by atoms with Crippen LogP contribution >= 0.6 is 31.9 Å². The van der Waals surface area contributed by atoms with Gasteiger partial charge in [-0.1, -0.05) is 62.2 Å². The average molecular weight is 532 g/mol. The van der Waals surface area contributed by atoms with Gasteiger partial charge in [-0.05, 0) is 29.3 Å². The maximum absolute atomic E-state index is 12.6. The molecule has 2 aromatic carbocycles. The minimum absolute atomic E-state index is 0.275. The summed E-state index contributed by atoms with van der Waals surface area (Å²) in [4.78, 5) is 31.4. The molecule has 2 N–H and O–H groups in total. The molecule has 10 heteroatoms. The highest BCUT2D eigenvalue weighted by Crippen LogP contribution is 2.22. The van der Waals surface area contributed by atoms with Gasteiger partial charge in [-0.15, -0.1) is 0 Å². The van der Waals surface area contributed by atoms with Gasteiger partial charge in [0.1, 0.15) is 0 Å². The molecule has 0 atom stereocenters. The Hall–Kier alpha value is -2.98. The number of aryl methyl sites for hydroxylation is 1. The summed E-state index contributed by atoms with van der Waals surface area (Å²) in [7, 11) is 1.56.